The lowest BCUT2D eigenvalue weighted by Crippen LogP contribution is -2.32. The molecule has 10 heteroatoms. The Kier molecular flexibility index (Phi) is 8.01. The fourth-order valence-electron chi connectivity index (χ4n) is 2.55. The maximum absolute atomic E-state index is 12.1. The van der Waals surface area contributed by atoms with Crippen LogP contribution in [0.1, 0.15) is 15.9 Å². The van der Waals surface area contributed by atoms with Crippen molar-refractivity contribution in [1.29, 1.82) is 0 Å². The molecule has 0 fully saturated rings. The summed E-state index contributed by atoms with van der Waals surface area (Å²) >= 11 is 11.7. The van der Waals surface area contributed by atoms with Crippen LogP contribution >= 0.6 is 23.2 Å². The molecule has 0 aromatic heterocycles. The molecule has 0 aliphatic heterocycles. The molecule has 0 unspecified atom stereocenters. The number of amides is 2. The van der Waals surface area contributed by atoms with E-state index in [1.54, 1.807) is 60.7 Å². The minimum Gasteiger partial charge on any atom is -0.495 e. The molecule has 8 nitrogen and oxygen atoms in total. The molecule has 0 aliphatic carbocycles. The van der Waals surface area contributed by atoms with Crippen molar-refractivity contribution < 1.29 is 23.9 Å². The van der Waals surface area contributed by atoms with Gasteiger partial charge in [-0.05, 0) is 72.3 Å². The average molecular weight is 486 g/mol. The van der Waals surface area contributed by atoms with Gasteiger partial charge in [0.25, 0.3) is 0 Å². The second kappa shape index (κ2) is 11.1. The van der Waals surface area contributed by atoms with E-state index in [9.17, 15) is 14.4 Å². The molecule has 0 atom stereocenters. The van der Waals surface area contributed by atoms with Gasteiger partial charge in [-0.3, -0.25) is 9.59 Å². The number of hydrogen-bond acceptors (Lipinski definition) is 6. The standard InChI is InChI=1S/C23H17Cl2N3O5/c1-32-20-11-8-17(25)12-19(20)27-21(29)22(30)28-26-13-14-2-9-18(10-3-14)33-23(31)15-4-6-16(24)7-5-15/h2-13H,1H3,(H,27,29)(H,28,30)/b26-13+. The largest absolute Gasteiger partial charge is 0.495 e. The van der Waals surface area contributed by atoms with Crippen molar-refractivity contribution >= 4 is 52.9 Å². The Hall–Kier alpha value is -3.88. The first kappa shape index (κ1) is 23.8. The number of ether oxygens (including phenoxy) is 2. The Balaban J connectivity index is 1.53. The molecule has 168 valence electrons. The average Bonchev–Trinajstić information content (AvgIpc) is 2.80. The van der Waals surface area contributed by atoms with Crippen molar-refractivity contribution in [1.82, 2.24) is 5.43 Å². The van der Waals surface area contributed by atoms with E-state index in [4.69, 9.17) is 32.7 Å². The number of methoxy groups -OCH3 is 1. The Morgan fingerprint density at radius 1 is 0.879 bits per heavy atom. The van der Waals surface area contributed by atoms with Crippen molar-refractivity contribution in [3.05, 3.63) is 87.9 Å². The third-order valence-electron chi connectivity index (χ3n) is 4.17. The highest BCUT2D eigenvalue weighted by Crippen LogP contribution is 2.27. The maximum Gasteiger partial charge on any atom is 0.343 e. The first-order valence-corrected chi connectivity index (χ1v) is 10.2. The van der Waals surface area contributed by atoms with Gasteiger partial charge < -0.3 is 14.8 Å². The number of nitrogens with zero attached hydrogens (tertiary/aromatic N) is 1. The molecule has 3 rings (SSSR count). The van der Waals surface area contributed by atoms with E-state index < -0.39 is 17.8 Å². The summed E-state index contributed by atoms with van der Waals surface area (Å²) in [5.74, 6) is -1.78. The van der Waals surface area contributed by atoms with Gasteiger partial charge in [0.15, 0.2) is 0 Å². The van der Waals surface area contributed by atoms with Crippen LogP contribution in [0.2, 0.25) is 10.0 Å². The highest BCUT2D eigenvalue weighted by atomic mass is 35.5. The predicted molar refractivity (Wildman–Crippen MR) is 125 cm³/mol. The first-order valence-electron chi connectivity index (χ1n) is 9.41. The second-order valence-electron chi connectivity index (χ2n) is 6.46. The summed E-state index contributed by atoms with van der Waals surface area (Å²) in [6.45, 7) is 0. The molecular weight excluding hydrogens is 469 g/mol. The maximum atomic E-state index is 12.1. The number of halogens is 2. The van der Waals surface area contributed by atoms with Crippen LogP contribution in [0.4, 0.5) is 5.69 Å². The number of hydrogen-bond donors (Lipinski definition) is 2. The molecule has 0 saturated heterocycles. The lowest BCUT2D eigenvalue weighted by Gasteiger charge is -2.09. The van der Waals surface area contributed by atoms with E-state index in [0.29, 0.717) is 32.7 Å². The van der Waals surface area contributed by atoms with Gasteiger partial charge in [-0.1, -0.05) is 23.2 Å². The molecule has 2 amide bonds. The molecule has 33 heavy (non-hydrogen) atoms. The van der Waals surface area contributed by atoms with Crippen LogP contribution in [0.3, 0.4) is 0 Å². The number of carbonyl (C=O) groups is 3. The topological polar surface area (TPSA) is 106 Å². The lowest BCUT2D eigenvalue weighted by molar-refractivity contribution is -0.136. The third-order valence-corrected chi connectivity index (χ3v) is 4.65. The van der Waals surface area contributed by atoms with Gasteiger partial charge in [0, 0.05) is 10.0 Å². The number of benzene rings is 3. The van der Waals surface area contributed by atoms with Gasteiger partial charge in [-0.25, -0.2) is 10.2 Å². The minimum absolute atomic E-state index is 0.248. The van der Waals surface area contributed by atoms with Crippen molar-refractivity contribution in [2.45, 2.75) is 0 Å². The van der Waals surface area contributed by atoms with Crippen molar-refractivity contribution in [3.63, 3.8) is 0 Å². The normalized spacial score (nSPS) is 10.5. The van der Waals surface area contributed by atoms with Crippen LogP contribution in [0.5, 0.6) is 11.5 Å². The zero-order chi connectivity index (χ0) is 23.8. The van der Waals surface area contributed by atoms with Crippen LogP contribution in [0.25, 0.3) is 0 Å². The molecule has 0 heterocycles. The van der Waals surface area contributed by atoms with E-state index >= 15 is 0 Å². The van der Waals surface area contributed by atoms with Crippen LogP contribution in [-0.4, -0.2) is 31.1 Å². The summed E-state index contributed by atoms with van der Waals surface area (Å²) in [7, 11) is 1.42. The number of hydrazone groups is 1. The van der Waals surface area contributed by atoms with E-state index in [0.717, 1.165) is 0 Å². The van der Waals surface area contributed by atoms with Crippen molar-refractivity contribution in [2.75, 3.05) is 12.4 Å². The fraction of sp³-hybridized carbons (Fsp3) is 0.0435. The van der Waals surface area contributed by atoms with E-state index in [1.807, 2.05) is 0 Å². The molecular formula is C23H17Cl2N3O5. The zero-order valence-corrected chi connectivity index (χ0v) is 18.7. The van der Waals surface area contributed by atoms with Crippen LogP contribution < -0.4 is 20.2 Å². The smallest absolute Gasteiger partial charge is 0.343 e. The fourth-order valence-corrected chi connectivity index (χ4v) is 2.85. The van der Waals surface area contributed by atoms with Gasteiger partial charge >= 0.3 is 17.8 Å². The quantitative estimate of drug-likeness (QED) is 0.178. The summed E-state index contributed by atoms with van der Waals surface area (Å²) in [5.41, 5.74) is 3.33. The molecule has 3 aromatic carbocycles. The molecule has 0 bridgehead atoms. The highest BCUT2D eigenvalue weighted by molar-refractivity contribution is 6.40. The zero-order valence-electron chi connectivity index (χ0n) is 17.2. The van der Waals surface area contributed by atoms with E-state index in [-0.39, 0.29) is 5.69 Å². The second-order valence-corrected chi connectivity index (χ2v) is 7.34. The Morgan fingerprint density at radius 2 is 1.55 bits per heavy atom. The number of esters is 1. The predicted octanol–water partition coefficient (Wildman–Crippen LogP) is 4.31. The third kappa shape index (κ3) is 6.80. The monoisotopic (exact) mass is 485 g/mol. The molecule has 0 radical (unpaired) electrons. The van der Waals surface area contributed by atoms with Crippen LogP contribution in [-0.2, 0) is 9.59 Å². The summed E-state index contributed by atoms with van der Waals surface area (Å²) in [5, 5.41) is 7.04. The Bertz CT molecular complexity index is 1200. The van der Waals surface area contributed by atoms with Gasteiger partial charge in [0.2, 0.25) is 0 Å². The van der Waals surface area contributed by atoms with Crippen molar-refractivity contribution in [2.24, 2.45) is 5.10 Å². The van der Waals surface area contributed by atoms with E-state index in [1.165, 1.54) is 19.4 Å². The van der Waals surface area contributed by atoms with Gasteiger partial charge in [-0.2, -0.15) is 5.10 Å². The van der Waals surface area contributed by atoms with E-state index in [2.05, 4.69) is 15.8 Å². The first-order chi connectivity index (χ1) is 15.9. The molecule has 3 aromatic rings. The number of nitrogens with one attached hydrogen (secondary N) is 2. The molecule has 0 saturated carbocycles. The summed E-state index contributed by atoms with van der Waals surface area (Å²) in [6.07, 6.45) is 1.33. The van der Waals surface area contributed by atoms with Crippen LogP contribution in [0.15, 0.2) is 71.8 Å². The molecule has 0 aliphatic rings. The van der Waals surface area contributed by atoms with Gasteiger partial charge in [-0.15, -0.1) is 0 Å². The minimum atomic E-state index is -0.984. The van der Waals surface area contributed by atoms with Gasteiger partial charge in [0.05, 0.1) is 24.6 Å². The van der Waals surface area contributed by atoms with Crippen molar-refractivity contribution in [3.8, 4) is 11.5 Å². The number of carbonyl (C=O) groups excluding carboxylic acids is 3. The molecule has 2 N–H and O–H groups in total. The summed E-state index contributed by atoms with van der Waals surface area (Å²) in [6, 6.07) is 17.3. The Morgan fingerprint density at radius 3 is 2.21 bits per heavy atom. The lowest BCUT2D eigenvalue weighted by atomic mass is 10.2. The number of anilines is 1. The SMILES string of the molecule is COc1ccc(Cl)cc1NC(=O)C(=O)N/N=C/c1ccc(OC(=O)c2ccc(Cl)cc2)cc1. The summed E-state index contributed by atoms with van der Waals surface area (Å²) in [4.78, 5) is 36.2. The number of rotatable bonds is 6. The Labute approximate surface area is 199 Å². The highest BCUT2D eigenvalue weighted by Gasteiger charge is 2.15. The van der Waals surface area contributed by atoms with Crippen LogP contribution in [0, 0.1) is 0 Å². The van der Waals surface area contributed by atoms with Gasteiger partial charge in [0.1, 0.15) is 11.5 Å². The summed E-state index contributed by atoms with van der Waals surface area (Å²) < 4.78 is 10.4. The molecule has 0 spiro atoms.